The largest absolute Gasteiger partial charge is 0.456 e. The summed E-state index contributed by atoms with van der Waals surface area (Å²) in [6, 6.07) is 48.7. The molecule has 0 amide bonds. The summed E-state index contributed by atoms with van der Waals surface area (Å²) in [5, 5.41) is 2.31. The number of furan rings is 1. The Labute approximate surface area is 340 Å². The Morgan fingerprint density at radius 3 is 2.16 bits per heavy atom. The van der Waals surface area contributed by atoms with Gasteiger partial charge in [-0.2, -0.15) is 0 Å². The Hall–Kier alpha value is -4.73. The van der Waals surface area contributed by atoms with Crippen LogP contribution in [0.25, 0.3) is 33.1 Å². The molecule has 5 aliphatic carbocycles. The summed E-state index contributed by atoms with van der Waals surface area (Å²) < 4.78 is 6.46. The molecule has 282 valence electrons. The van der Waals surface area contributed by atoms with Gasteiger partial charge in [0.2, 0.25) is 0 Å². The van der Waals surface area contributed by atoms with Gasteiger partial charge in [0.1, 0.15) is 11.2 Å². The zero-order valence-corrected chi connectivity index (χ0v) is 34.3. The molecule has 57 heavy (non-hydrogen) atoms. The summed E-state index contributed by atoms with van der Waals surface area (Å²) in [7, 11) is 0. The minimum absolute atomic E-state index is 0.103. The molecule has 2 bridgehead atoms. The third-order valence-electron chi connectivity index (χ3n) is 16.7. The Bertz CT molecular complexity index is 2840. The predicted molar refractivity (Wildman–Crippen MR) is 235 cm³/mol. The Kier molecular flexibility index (Phi) is 6.45. The molecule has 4 saturated carbocycles. The maximum atomic E-state index is 6.46. The Morgan fingerprint density at radius 1 is 0.579 bits per heavy atom. The van der Waals surface area contributed by atoms with Crippen molar-refractivity contribution in [2.75, 3.05) is 4.90 Å². The molecular formula is C54H49NOS. The highest BCUT2D eigenvalue weighted by Crippen LogP contribution is 2.89. The molecular weight excluding hydrogens is 711 g/mol. The van der Waals surface area contributed by atoms with Crippen molar-refractivity contribution in [1.82, 2.24) is 0 Å². The van der Waals surface area contributed by atoms with Crippen molar-refractivity contribution in [2.24, 2.45) is 29.1 Å². The number of rotatable bonds is 4. The van der Waals surface area contributed by atoms with E-state index in [1.54, 1.807) is 11.1 Å². The molecule has 6 aliphatic rings. The van der Waals surface area contributed by atoms with E-state index in [2.05, 4.69) is 160 Å². The van der Waals surface area contributed by atoms with Crippen molar-refractivity contribution in [2.45, 2.75) is 92.3 Å². The van der Waals surface area contributed by atoms with Gasteiger partial charge in [-0.3, -0.25) is 0 Å². The van der Waals surface area contributed by atoms with Crippen LogP contribution in [0, 0.1) is 29.1 Å². The fraction of sp³-hybridized carbons (Fsp3) is 0.333. The second-order valence-corrected chi connectivity index (χ2v) is 21.1. The van der Waals surface area contributed by atoms with Gasteiger partial charge in [0, 0.05) is 32.0 Å². The average Bonchev–Trinajstić information content (AvgIpc) is 3.89. The summed E-state index contributed by atoms with van der Waals surface area (Å²) >= 11 is 2.01. The quantitative estimate of drug-likeness (QED) is 0.178. The van der Waals surface area contributed by atoms with E-state index < -0.39 is 0 Å². The van der Waals surface area contributed by atoms with Gasteiger partial charge in [-0.1, -0.05) is 106 Å². The van der Waals surface area contributed by atoms with Crippen molar-refractivity contribution < 1.29 is 4.42 Å². The van der Waals surface area contributed by atoms with Gasteiger partial charge >= 0.3 is 0 Å². The first-order chi connectivity index (χ1) is 27.7. The molecule has 13 rings (SSSR count). The molecule has 0 radical (unpaired) electrons. The van der Waals surface area contributed by atoms with E-state index in [1.165, 1.54) is 76.3 Å². The van der Waals surface area contributed by atoms with Crippen LogP contribution >= 0.6 is 11.8 Å². The van der Waals surface area contributed by atoms with Gasteiger partial charge in [-0.15, -0.1) is 0 Å². The molecule has 1 aromatic heterocycles. The first-order valence-corrected chi connectivity index (χ1v) is 22.4. The maximum Gasteiger partial charge on any atom is 0.137 e. The van der Waals surface area contributed by atoms with Gasteiger partial charge < -0.3 is 9.32 Å². The van der Waals surface area contributed by atoms with Crippen LogP contribution < -0.4 is 4.90 Å². The van der Waals surface area contributed by atoms with Gasteiger partial charge in [0.25, 0.3) is 0 Å². The summed E-state index contributed by atoms with van der Waals surface area (Å²) in [5.74, 6) is 3.54. The second kappa shape index (κ2) is 11.1. The Morgan fingerprint density at radius 2 is 1.30 bits per heavy atom. The molecule has 2 nitrogen and oxygen atoms in total. The predicted octanol–water partition coefficient (Wildman–Crippen LogP) is 14.9. The fourth-order valence-corrected chi connectivity index (χ4v) is 15.4. The maximum absolute atomic E-state index is 6.46. The van der Waals surface area contributed by atoms with Gasteiger partial charge in [-0.25, -0.2) is 0 Å². The topological polar surface area (TPSA) is 16.4 Å². The van der Waals surface area contributed by atoms with Crippen molar-refractivity contribution in [3.05, 3.63) is 150 Å². The lowest BCUT2D eigenvalue weighted by Crippen LogP contribution is -2.74. The van der Waals surface area contributed by atoms with E-state index in [-0.39, 0.29) is 16.2 Å². The van der Waals surface area contributed by atoms with E-state index in [4.69, 9.17) is 4.42 Å². The lowest BCUT2D eigenvalue weighted by Gasteiger charge is -2.78. The SMILES string of the molecule is CC1(C)CCC(C)(C)c2cc(N(c3ccc(-c4ccc5c(c4)C4(c6ccccc6S5)C5CC6CC7CC4C75C6)cc3)c3cccc4oc5ccccc5c34)ccc21. The molecule has 2 heterocycles. The highest BCUT2D eigenvalue weighted by atomic mass is 32.2. The number of hydrogen-bond donors (Lipinski definition) is 0. The molecule has 2 spiro atoms. The lowest BCUT2D eigenvalue weighted by molar-refractivity contribution is -0.235. The number of nitrogens with zero attached hydrogens (tertiary/aromatic N) is 1. The molecule has 3 heteroatoms. The van der Waals surface area contributed by atoms with Crippen LogP contribution in [-0.2, 0) is 16.2 Å². The molecule has 6 unspecified atom stereocenters. The van der Waals surface area contributed by atoms with Crippen LogP contribution in [-0.4, -0.2) is 0 Å². The van der Waals surface area contributed by atoms with E-state index in [0.29, 0.717) is 5.41 Å². The fourth-order valence-electron chi connectivity index (χ4n) is 14.1. The third-order valence-corrected chi connectivity index (χ3v) is 17.8. The summed E-state index contributed by atoms with van der Waals surface area (Å²) in [5.41, 5.74) is 15.2. The zero-order valence-electron chi connectivity index (χ0n) is 33.4. The smallest absolute Gasteiger partial charge is 0.137 e. The highest BCUT2D eigenvalue weighted by Gasteiger charge is 2.84. The van der Waals surface area contributed by atoms with Gasteiger partial charge in [-0.05, 0) is 172 Å². The summed E-state index contributed by atoms with van der Waals surface area (Å²) in [4.78, 5) is 5.47. The number of fused-ring (bicyclic) bond motifs is 11. The van der Waals surface area contributed by atoms with Crippen molar-refractivity contribution in [3.63, 3.8) is 0 Å². The molecule has 7 aromatic rings. The molecule has 6 atom stereocenters. The second-order valence-electron chi connectivity index (χ2n) is 20.0. The van der Waals surface area contributed by atoms with E-state index in [9.17, 15) is 0 Å². The number of benzene rings is 6. The Balaban J connectivity index is 0.952. The van der Waals surface area contributed by atoms with E-state index in [1.807, 2.05) is 11.8 Å². The first-order valence-electron chi connectivity index (χ1n) is 21.5. The minimum Gasteiger partial charge on any atom is -0.456 e. The van der Waals surface area contributed by atoms with Crippen LogP contribution in [0.5, 0.6) is 0 Å². The molecule has 4 fully saturated rings. The van der Waals surface area contributed by atoms with Gasteiger partial charge in [0.15, 0.2) is 0 Å². The van der Waals surface area contributed by atoms with Crippen LogP contribution in [0.15, 0.2) is 142 Å². The molecule has 6 aromatic carbocycles. The zero-order chi connectivity index (χ0) is 38.1. The highest BCUT2D eigenvalue weighted by molar-refractivity contribution is 7.99. The first kappa shape index (κ1) is 33.3. The van der Waals surface area contributed by atoms with Crippen molar-refractivity contribution in [3.8, 4) is 11.1 Å². The van der Waals surface area contributed by atoms with Crippen LogP contribution in [0.1, 0.15) is 88.5 Å². The van der Waals surface area contributed by atoms with Crippen LogP contribution in [0.2, 0.25) is 0 Å². The lowest BCUT2D eigenvalue weighted by atomic mass is 9.26. The number of hydrogen-bond acceptors (Lipinski definition) is 3. The average molecular weight is 760 g/mol. The monoisotopic (exact) mass is 759 g/mol. The molecule has 1 aliphatic heterocycles. The van der Waals surface area contributed by atoms with E-state index >= 15 is 0 Å². The summed E-state index contributed by atoms with van der Waals surface area (Å²) in [6.45, 7) is 9.69. The standard InChI is InChI=1S/C54H49NOS/c1-51(2)24-25-52(3,4)41-30-37(21-22-39(41)51)55(43-12-9-14-45-50(43)38-10-5-7-13-44(38)56-45)36-19-16-33(17-20-36)34-18-23-47-42(28-34)54(40-11-6-8-15-46(40)57-47)48-27-32-26-35-29-49(54)53(35,48)31-32/h5-23,28,30,32,35,48-49H,24-27,29,31H2,1-4H3. The molecule has 0 N–H and O–H groups in total. The molecule has 0 saturated heterocycles. The number of anilines is 3. The van der Waals surface area contributed by atoms with Crippen molar-refractivity contribution >= 4 is 50.8 Å². The normalized spacial score (nSPS) is 29.0. The van der Waals surface area contributed by atoms with E-state index in [0.717, 1.165) is 57.0 Å². The number of para-hydroxylation sites is 1. The van der Waals surface area contributed by atoms with Crippen LogP contribution in [0.4, 0.5) is 17.1 Å². The van der Waals surface area contributed by atoms with Crippen molar-refractivity contribution in [1.29, 1.82) is 0 Å². The summed E-state index contributed by atoms with van der Waals surface area (Å²) in [6.07, 6.45) is 8.24. The van der Waals surface area contributed by atoms with Gasteiger partial charge in [0.05, 0.1) is 11.1 Å². The van der Waals surface area contributed by atoms with Crippen LogP contribution in [0.3, 0.4) is 0 Å². The minimum atomic E-state index is 0.103. The third kappa shape index (κ3) is 4.15.